The molecule has 3 aromatic carbocycles. The van der Waals surface area contributed by atoms with Crippen LogP contribution in [0.5, 0.6) is 5.75 Å². The van der Waals surface area contributed by atoms with Gasteiger partial charge < -0.3 is 10.1 Å². The zero-order chi connectivity index (χ0) is 22.0. The van der Waals surface area contributed by atoms with Crippen molar-refractivity contribution in [1.29, 1.82) is 0 Å². The van der Waals surface area contributed by atoms with Crippen LogP contribution in [0, 0.1) is 5.82 Å². The molecule has 0 aliphatic heterocycles. The lowest BCUT2D eigenvalue weighted by Gasteiger charge is -2.14. The van der Waals surface area contributed by atoms with Crippen LogP contribution in [0.15, 0.2) is 71.5 Å². The maximum atomic E-state index is 14.4. The standard InChI is InChI=1S/C23H17ClFN3O3/c1-31-16-6-4-5-15(12-16)26-21(29)13-28-20-10-9-14(24)11-18(20)22(27-23(28)30)17-7-2-3-8-19(17)25/h2-12H,13H2,1H3,(H,26,29). The lowest BCUT2D eigenvalue weighted by atomic mass is 10.1. The molecule has 0 aliphatic rings. The third-order valence-corrected chi connectivity index (χ3v) is 4.96. The smallest absolute Gasteiger partial charge is 0.349 e. The first-order valence-corrected chi connectivity index (χ1v) is 9.73. The number of fused-ring (bicyclic) bond motifs is 1. The highest BCUT2D eigenvalue weighted by atomic mass is 35.5. The van der Waals surface area contributed by atoms with Crippen LogP contribution < -0.4 is 15.7 Å². The predicted molar refractivity (Wildman–Crippen MR) is 118 cm³/mol. The lowest BCUT2D eigenvalue weighted by molar-refractivity contribution is -0.116. The number of anilines is 1. The maximum absolute atomic E-state index is 14.4. The van der Waals surface area contributed by atoms with Crippen molar-refractivity contribution in [2.24, 2.45) is 0 Å². The van der Waals surface area contributed by atoms with Gasteiger partial charge in [0.2, 0.25) is 5.91 Å². The van der Waals surface area contributed by atoms with Crippen LogP contribution in [0.3, 0.4) is 0 Å². The van der Waals surface area contributed by atoms with Crippen LogP contribution in [0.25, 0.3) is 22.2 Å². The van der Waals surface area contributed by atoms with Gasteiger partial charge in [0.05, 0.1) is 18.3 Å². The van der Waals surface area contributed by atoms with Crippen LogP contribution in [0.4, 0.5) is 10.1 Å². The summed E-state index contributed by atoms with van der Waals surface area (Å²) in [4.78, 5) is 29.5. The van der Waals surface area contributed by atoms with Gasteiger partial charge in [0.15, 0.2) is 0 Å². The third-order valence-electron chi connectivity index (χ3n) is 4.73. The number of halogens is 2. The molecule has 1 aromatic heterocycles. The van der Waals surface area contributed by atoms with E-state index in [2.05, 4.69) is 10.3 Å². The van der Waals surface area contributed by atoms with E-state index in [1.807, 2.05) is 0 Å². The molecule has 4 rings (SSSR count). The van der Waals surface area contributed by atoms with E-state index in [0.29, 0.717) is 27.4 Å². The Kier molecular flexibility index (Phi) is 5.68. The van der Waals surface area contributed by atoms with E-state index in [4.69, 9.17) is 16.3 Å². The van der Waals surface area contributed by atoms with E-state index in [1.54, 1.807) is 54.6 Å². The van der Waals surface area contributed by atoms with E-state index >= 15 is 0 Å². The zero-order valence-corrected chi connectivity index (χ0v) is 17.2. The van der Waals surface area contributed by atoms with E-state index in [1.165, 1.54) is 23.8 Å². The molecule has 0 bridgehead atoms. The number of hydrogen-bond donors (Lipinski definition) is 1. The summed E-state index contributed by atoms with van der Waals surface area (Å²) in [6, 6.07) is 17.7. The van der Waals surface area contributed by atoms with Gasteiger partial charge in [0.25, 0.3) is 0 Å². The number of aromatic nitrogens is 2. The molecule has 1 N–H and O–H groups in total. The van der Waals surface area contributed by atoms with Gasteiger partial charge in [-0.05, 0) is 42.5 Å². The molecule has 0 saturated heterocycles. The van der Waals surface area contributed by atoms with E-state index in [9.17, 15) is 14.0 Å². The second kappa shape index (κ2) is 8.57. The third kappa shape index (κ3) is 4.27. The number of methoxy groups -OCH3 is 1. The van der Waals surface area contributed by atoms with Gasteiger partial charge in [-0.25, -0.2) is 9.18 Å². The summed E-state index contributed by atoms with van der Waals surface area (Å²) in [7, 11) is 1.53. The Morgan fingerprint density at radius 2 is 1.94 bits per heavy atom. The number of nitrogens with one attached hydrogen (secondary N) is 1. The summed E-state index contributed by atoms with van der Waals surface area (Å²) < 4.78 is 20.8. The van der Waals surface area contributed by atoms with Crippen LogP contribution >= 0.6 is 11.6 Å². The second-order valence-electron chi connectivity index (χ2n) is 6.75. The number of ether oxygens (including phenoxy) is 1. The molecule has 6 nitrogen and oxygen atoms in total. The minimum atomic E-state index is -0.672. The number of rotatable bonds is 5. The summed E-state index contributed by atoms with van der Waals surface area (Å²) in [6.45, 7) is -0.279. The fourth-order valence-corrected chi connectivity index (χ4v) is 3.48. The van der Waals surface area contributed by atoms with Gasteiger partial charge in [-0.15, -0.1) is 0 Å². The van der Waals surface area contributed by atoms with E-state index < -0.39 is 17.4 Å². The highest BCUT2D eigenvalue weighted by Gasteiger charge is 2.17. The number of carbonyl (C=O) groups excluding carboxylic acids is 1. The van der Waals surface area contributed by atoms with Crippen molar-refractivity contribution in [3.63, 3.8) is 0 Å². The molecule has 31 heavy (non-hydrogen) atoms. The van der Waals surface area contributed by atoms with Gasteiger partial charge >= 0.3 is 5.69 Å². The van der Waals surface area contributed by atoms with Gasteiger partial charge in [0, 0.05) is 27.7 Å². The summed E-state index contributed by atoms with van der Waals surface area (Å²) >= 11 is 6.15. The van der Waals surface area contributed by atoms with Gasteiger partial charge in [-0.3, -0.25) is 9.36 Å². The number of amides is 1. The van der Waals surface area contributed by atoms with Crippen molar-refractivity contribution < 1.29 is 13.9 Å². The van der Waals surface area contributed by atoms with Crippen LogP contribution in [0.2, 0.25) is 5.02 Å². The van der Waals surface area contributed by atoms with Crippen LogP contribution in [-0.4, -0.2) is 22.6 Å². The molecule has 0 unspecified atom stereocenters. The first-order chi connectivity index (χ1) is 15.0. The molecule has 4 aromatic rings. The Hall–Kier alpha value is -3.71. The van der Waals surface area contributed by atoms with E-state index in [-0.39, 0.29) is 17.8 Å². The molecule has 0 spiro atoms. The van der Waals surface area contributed by atoms with Gasteiger partial charge in [0.1, 0.15) is 18.1 Å². The summed E-state index contributed by atoms with van der Waals surface area (Å²) in [5.74, 6) is -0.345. The average Bonchev–Trinajstić information content (AvgIpc) is 2.76. The monoisotopic (exact) mass is 437 g/mol. The zero-order valence-electron chi connectivity index (χ0n) is 16.4. The fourth-order valence-electron chi connectivity index (χ4n) is 3.31. The predicted octanol–water partition coefficient (Wildman–Crippen LogP) is 4.50. The first-order valence-electron chi connectivity index (χ1n) is 9.35. The molecule has 156 valence electrons. The number of nitrogens with zero attached hydrogens (tertiary/aromatic N) is 2. The molecule has 0 saturated carbocycles. The Morgan fingerprint density at radius 3 is 2.71 bits per heavy atom. The molecular formula is C23H17ClFN3O3. The maximum Gasteiger partial charge on any atom is 0.349 e. The highest BCUT2D eigenvalue weighted by molar-refractivity contribution is 6.31. The average molecular weight is 438 g/mol. The summed E-state index contributed by atoms with van der Waals surface area (Å²) in [6.07, 6.45) is 0. The van der Waals surface area contributed by atoms with Crippen molar-refractivity contribution in [3.8, 4) is 17.0 Å². The fraction of sp³-hybridized carbons (Fsp3) is 0.0870. The molecule has 1 amide bonds. The van der Waals surface area contributed by atoms with Crippen molar-refractivity contribution in [2.75, 3.05) is 12.4 Å². The van der Waals surface area contributed by atoms with Crippen molar-refractivity contribution in [2.45, 2.75) is 6.54 Å². The minimum absolute atomic E-state index is 0.171. The first kappa shape index (κ1) is 20.6. The number of hydrogen-bond acceptors (Lipinski definition) is 4. The molecule has 0 fully saturated rings. The highest BCUT2D eigenvalue weighted by Crippen LogP contribution is 2.29. The van der Waals surface area contributed by atoms with Crippen LogP contribution in [0.1, 0.15) is 0 Å². The quantitative estimate of drug-likeness (QED) is 0.499. The molecule has 0 radical (unpaired) electrons. The molecule has 8 heteroatoms. The summed E-state index contributed by atoms with van der Waals surface area (Å²) in [5, 5.41) is 3.60. The molecule has 1 heterocycles. The SMILES string of the molecule is COc1cccc(NC(=O)Cn2c(=O)nc(-c3ccccc3F)c3cc(Cl)ccc32)c1. The normalized spacial score (nSPS) is 10.8. The number of carbonyl (C=O) groups is 1. The Bertz CT molecular complexity index is 1350. The number of benzene rings is 3. The minimum Gasteiger partial charge on any atom is -0.497 e. The van der Waals surface area contributed by atoms with Crippen molar-refractivity contribution in [3.05, 3.63) is 88.1 Å². The largest absolute Gasteiger partial charge is 0.497 e. The van der Waals surface area contributed by atoms with Crippen LogP contribution in [-0.2, 0) is 11.3 Å². The van der Waals surface area contributed by atoms with Gasteiger partial charge in [-0.1, -0.05) is 29.8 Å². The van der Waals surface area contributed by atoms with Crippen molar-refractivity contribution >= 4 is 34.1 Å². The summed E-state index contributed by atoms with van der Waals surface area (Å²) in [5.41, 5.74) is 0.628. The molecular weight excluding hydrogens is 421 g/mol. The van der Waals surface area contributed by atoms with E-state index in [0.717, 1.165) is 0 Å². The Morgan fingerprint density at radius 1 is 1.13 bits per heavy atom. The Labute approximate surface area is 181 Å². The molecule has 0 atom stereocenters. The topological polar surface area (TPSA) is 73.2 Å². The molecule has 0 aliphatic carbocycles. The second-order valence-corrected chi connectivity index (χ2v) is 7.19. The van der Waals surface area contributed by atoms with Gasteiger partial charge in [-0.2, -0.15) is 4.98 Å². The lowest BCUT2D eigenvalue weighted by Crippen LogP contribution is -2.30. The Balaban J connectivity index is 1.76. The van der Waals surface area contributed by atoms with Crippen molar-refractivity contribution in [1.82, 2.24) is 9.55 Å².